The second-order valence-electron chi connectivity index (χ2n) is 21.8. The molecule has 6 nitrogen and oxygen atoms in total. The molecule has 16 rings (SSSR count). The van der Waals surface area contributed by atoms with Crippen molar-refractivity contribution in [2.45, 2.75) is 38.5 Å². The average Bonchev–Trinajstić information content (AvgIpc) is 3.98. The first-order chi connectivity index (χ1) is 37.2. The summed E-state index contributed by atoms with van der Waals surface area (Å²) in [5.41, 5.74) is 20.7. The highest BCUT2D eigenvalue weighted by Gasteiger charge is 2.38. The maximum atomic E-state index is 5.12. The van der Waals surface area contributed by atoms with Crippen LogP contribution in [0.3, 0.4) is 0 Å². The molecule has 11 aromatic carbocycles. The first-order valence-corrected chi connectivity index (χ1v) is 26.4. The van der Waals surface area contributed by atoms with Gasteiger partial charge in [0, 0.05) is 78.3 Å². The van der Waals surface area contributed by atoms with Gasteiger partial charge in [0.1, 0.15) is 0 Å². The average molecular weight is 975 g/mol. The van der Waals surface area contributed by atoms with Crippen molar-refractivity contribution in [1.29, 1.82) is 0 Å². The lowest BCUT2D eigenvalue weighted by atomic mass is 9.73. The van der Waals surface area contributed by atoms with Crippen LogP contribution in [0.1, 0.15) is 49.9 Å². The summed E-state index contributed by atoms with van der Waals surface area (Å²) in [4.78, 5) is 15.1. The second kappa shape index (κ2) is 15.5. The molecule has 0 amide bonds. The van der Waals surface area contributed by atoms with Crippen LogP contribution in [0.15, 0.2) is 231 Å². The normalized spacial score (nSPS) is 14.5. The summed E-state index contributed by atoms with van der Waals surface area (Å²) >= 11 is 0. The number of rotatable bonds is 4. The zero-order chi connectivity index (χ0) is 50.6. The van der Waals surface area contributed by atoms with E-state index in [1.54, 1.807) is 0 Å². The van der Waals surface area contributed by atoms with Gasteiger partial charge in [-0.1, -0.05) is 149 Å². The van der Waals surface area contributed by atoms with E-state index < -0.39 is 0 Å². The number of nitrogens with zero attached hydrogens (tertiary/aromatic N) is 6. The van der Waals surface area contributed by atoms with E-state index in [9.17, 15) is 0 Å². The van der Waals surface area contributed by atoms with E-state index in [0.717, 1.165) is 77.4 Å². The Labute approximate surface area is 440 Å². The molecule has 0 aliphatic carbocycles. The Balaban J connectivity index is 0.842. The van der Waals surface area contributed by atoms with E-state index in [-0.39, 0.29) is 10.8 Å². The molecule has 0 unspecified atom stereocenters. The van der Waals surface area contributed by atoms with Crippen LogP contribution in [0.2, 0.25) is 0 Å². The minimum Gasteiger partial charge on any atom is -0.310 e. The largest absolute Gasteiger partial charge is 0.310 e. The smallest absolute Gasteiger partial charge is 0.0972 e. The summed E-state index contributed by atoms with van der Waals surface area (Å²) < 4.78 is 4.84. The first kappa shape index (κ1) is 42.9. The summed E-state index contributed by atoms with van der Waals surface area (Å²) in [6.07, 6.45) is 3.66. The molecule has 0 atom stereocenters. The van der Waals surface area contributed by atoms with Gasteiger partial charge in [-0.2, -0.15) is 0 Å². The highest BCUT2D eigenvalue weighted by Crippen LogP contribution is 2.54. The van der Waals surface area contributed by atoms with Crippen LogP contribution in [-0.4, -0.2) is 19.1 Å². The van der Waals surface area contributed by atoms with Gasteiger partial charge in [-0.25, -0.2) is 0 Å². The fraction of sp³-hybridized carbons (Fsp3) is 0.0857. The summed E-state index contributed by atoms with van der Waals surface area (Å²) in [6, 6.07) is 80.9. The predicted octanol–water partition coefficient (Wildman–Crippen LogP) is 18.3. The van der Waals surface area contributed by atoms with Gasteiger partial charge in [-0.05, 0) is 130 Å². The molecule has 14 aromatic rings. The Bertz CT molecular complexity index is 4380. The van der Waals surface area contributed by atoms with Crippen molar-refractivity contribution in [3.63, 3.8) is 0 Å². The molecule has 2 aliphatic rings. The molecule has 76 heavy (non-hydrogen) atoms. The number of hydrogen-bond acceptors (Lipinski definition) is 4. The van der Waals surface area contributed by atoms with Crippen LogP contribution < -0.4 is 9.80 Å². The molecule has 0 bridgehead atoms. The first-order valence-electron chi connectivity index (χ1n) is 26.4. The topological polar surface area (TPSA) is 42.1 Å². The minimum atomic E-state index is -0.131. The lowest BCUT2D eigenvalue weighted by Crippen LogP contribution is -2.30. The third-order valence-corrected chi connectivity index (χ3v) is 17.1. The number of benzene rings is 11. The second-order valence-corrected chi connectivity index (χ2v) is 21.8. The zero-order valence-electron chi connectivity index (χ0n) is 42.6. The maximum absolute atomic E-state index is 5.12. The third kappa shape index (κ3) is 5.81. The number of anilines is 6. The van der Waals surface area contributed by atoms with E-state index in [2.05, 4.69) is 265 Å². The molecule has 2 aliphatic heterocycles. The summed E-state index contributed by atoms with van der Waals surface area (Å²) in [5, 5.41) is 9.26. The lowest BCUT2D eigenvalue weighted by molar-refractivity contribution is 0.632. The van der Waals surface area contributed by atoms with Crippen molar-refractivity contribution in [2.24, 2.45) is 0 Å². The molecular formula is C70H50N6. The Morgan fingerprint density at radius 1 is 0.276 bits per heavy atom. The number of para-hydroxylation sites is 6. The molecule has 6 heteroatoms. The van der Waals surface area contributed by atoms with Gasteiger partial charge in [0.15, 0.2) is 0 Å². The fourth-order valence-corrected chi connectivity index (χ4v) is 13.6. The van der Waals surface area contributed by atoms with E-state index >= 15 is 0 Å². The molecule has 3 aromatic heterocycles. The van der Waals surface area contributed by atoms with Crippen LogP contribution in [-0.2, 0) is 10.8 Å². The van der Waals surface area contributed by atoms with Crippen molar-refractivity contribution in [2.75, 3.05) is 9.80 Å². The van der Waals surface area contributed by atoms with Gasteiger partial charge in [0.25, 0.3) is 0 Å². The predicted molar refractivity (Wildman–Crippen MR) is 317 cm³/mol. The highest BCUT2D eigenvalue weighted by atomic mass is 15.2. The van der Waals surface area contributed by atoms with Crippen LogP contribution >= 0.6 is 0 Å². The standard InChI is InChI=1S/C70H50N6/c1-69(2)55-19-7-13-25-63(55)75(64-26-14-8-20-56(64)69)45-31-35-61-51(39-45)49-17-5-11-23-59(49)73(61)43-29-33-47-48-34-30-44(42-54(48)68-67(53(47)41-43)71-37-38-72-68)74-60-24-12-6-18-50(60)52-40-46(32-36-62(52)74)76-65-27-15-9-21-57(65)70(3,4)58-22-10-16-28-66(58)76/h5-42H,1-4H3. The lowest BCUT2D eigenvalue weighted by Gasteiger charge is -2.42. The van der Waals surface area contributed by atoms with Crippen LogP contribution in [0.25, 0.3) is 87.6 Å². The van der Waals surface area contributed by atoms with E-state index in [1.807, 2.05) is 12.4 Å². The van der Waals surface area contributed by atoms with Crippen molar-refractivity contribution in [3.8, 4) is 11.4 Å². The molecular weight excluding hydrogens is 925 g/mol. The summed E-state index contributed by atoms with van der Waals surface area (Å²) in [7, 11) is 0. The maximum Gasteiger partial charge on any atom is 0.0972 e. The van der Waals surface area contributed by atoms with Gasteiger partial charge < -0.3 is 18.9 Å². The van der Waals surface area contributed by atoms with Crippen molar-refractivity contribution < 1.29 is 0 Å². The molecule has 0 radical (unpaired) electrons. The highest BCUT2D eigenvalue weighted by molar-refractivity contribution is 6.24. The SMILES string of the molecule is CC1(C)c2ccccc2N(c2ccc3c(c2)c2ccccc2n3-c2ccc3c4ccc(-n5c6ccccc6c6cc(N7c8ccccc8C(C)(C)c8ccccc87)ccc65)cc4c4nccnc4c3c2)c2ccccc21. The number of hydrogen-bond donors (Lipinski definition) is 0. The fourth-order valence-electron chi connectivity index (χ4n) is 13.6. The Kier molecular flexibility index (Phi) is 8.76. The molecule has 5 heterocycles. The van der Waals surface area contributed by atoms with Gasteiger partial charge in [0.05, 0.1) is 55.8 Å². The molecule has 0 fully saturated rings. The third-order valence-electron chi connectivity index (χ3n) is 17.1. The van der Waals surface area contributed by atoms with Crippen molar-refractivity contribution in [1.82, 2.24) is 19.1 Å². The number of fused-ring (bicyclic) bond motifs is 16. The molecule has 0 N–H and O–H groups in total. The van der Waals surface area contributed by atoms with Gasteiger partial charge >= 0.3 is 0 Å². The van der Waals surface area contributed by atoms with Crippen molar-refractivity contribution in [3.05, 3.63) is 253 Å². The van der Waals surface area contributed by atoms with Gasteiger partial charge in [0.2, 0.25) is 0 Å². The quantitative estimate of drug-likeness (QED) is 0.165. The van der Waals surface area contributed by atoms with E-state index in [1.165, 1.54) is 66.5 Å². The number of aromatic nitrogens is 4. The molecule has 0 spiro atoms. The Morgan fingerprint density at radius 2 is 0.592 bits per heavy atom. The Morgan fingerprint density at radius 3 is 0.987 bits per heavy atom. The monoisotopic (exact) mass is 974 g/mol. The van der Waals surface area contributed by atoms with Crippen LogP contribution in [0.4, 0.5) is 34.1 Å². The summed E-state index contributed by atoms with van der Waals surface area (Å²) in [5.74, 6) is 0. The van der Waals surface area contributed by atoms with E-state index in [0.29, 0.717) is 0 Å². The zero-order valence-corrected chi connectivity index (χ0v) is 42.6. The van der Waals surface area contributed by atoms with Crippen LogP contribution in [0, 0.1) is 0 Å². The molecule has 360 valence electrons. The Hall–Kier alpha value is -9.52. The van der Waals surface area contributed by atoms with Crippen LogP contribution in [0.5, 0.6) is 0 Å². The van der Waals surface area contributed by atoms with E-state index in [4.69, 9.17) is 9.97 Å². The minimum absolute atomic E-state index is 0.131. The van der Waals surface area contributed by atoms with Gasteiger partial charge in [-0.15, -0.1) is 0 Å². The van der Waals surface area contributed by atoms with Crippen molar-refractivity contribution >= 4 is 110 Å². The summed E-state index contributed by atoms with van der Waals surface area (Å²) in [6.45, 7) is 9.36. The molecule has 0 saturated carbocycles. The molecule has 0 saturated heterocycles. The van der Waals surface area contributed by atoms with Gasteiger partial charge in [-0.3, -0.25) is 9.97 Å².